The van der Waals surface area contributed by atoms with E-state index in [2.05, 4.69) is 28.3 Å². The Morgan fingerprint density at radius 3 is 2.71 bits per heavy atom. The van der Waals surface area contributed by atoms with Crippen LogP contribution in [0.2, 0.25) is 0 Å². The van der Waals surface area contributed by atoms with Crippen LogP contribution >= 0.6 is 0 Å². The SMILES string of the molecule is CCCn1cncc1C(CN)N(CCOC)C(C)COC. The van der Waals surface area contributed by atoms with Crippen molar-refractivity contribution in [2.24, 2.45) is 5.73 Å². The second kappa shape index (κ2) is 9.89. The molecule has 0 saturated heterocycles. The molecule has 0 aromatic carbocycles. The highest BCUT2D eigenvalue weighted by molar-refractivity contribution is 5.07. The Bertz CT molecular complexity index is 384. The first-order valence-electron chi connectivity index (χ1n) is 7.63. The van der Waals surface area contributed by atoms with Gasteiger partial charge in [-0.3, -0.25) is 4.90 Å². The monoisotopic (exact) mass is 298 g/mol. The highest BCUT2D eigenvalue weighted by Crippen LogP contribution is 2.22. The molecule has 2 N–H and O–H groups in total. The standard InChI is InChI=1S/C15H30N4O2/c1-5-6-18-12-17-10-15(18)14(9-16)19(7-8-20-3)13(2)11-21-4/h10,12-14H,5-9,11,16H2,1-4H3. The van der Waals surface area contributed by atoms with Gasteiger partial charge in [0.25, 0.3) is 0 Å². The van der Waals surface area contributed by atoms with Crippen LogP contribution in [0.4, 0.5) is 0 Å². The van der Waals surface area contributed by atoms with Crippen molar-refractivity contribution in [2.75, 3.05) is 40.5 Å². The molecular weight excluding hydrogens is 268 g/mol. The van der Waals surface area contributed by atoms with Gasteiger partial charge in [-0.15, -0.1) is 0 Å². The molecule has 0 aliphatic rings. The number of aromatic nitrogens is 2. The average molecular weight is 298 g/mol. The summed E-state index contributed by atoms with van der Waals surface area (Å²) in [6.07, 6.45) is 4.88. The van der Waals surface area contributed by atoms with E-state index in [9.17, 15) is 0 Å². The molecule has 1 aromatic heterocycles. The Labute approximate surface area is 128 Å². The summed E-state index contributed by atoms with van der Waals surface area (Å²) in [5, 5.41) is 0. The topological polar surface area (TPSA) is 65.5 Å². The van der Waals surface area contributed by atoms with Crippen LogP contribution in [0.5, 0.6) is 0 Å². The summed E-state index contributed by atoms with van der Waals surface area (Å²) < 4.78 is 12.7. The third-order valence-electron chi connectivity index (χ3n) is 3.70. The largest absolute Gasteiger partial charge is 0.383 e. The molecule has 2 unspecified atom stereocenters. The lowest BCUT2D eigenvalue weighted by atomic mass is 10.1. The molecule has 1 aromatic rings. The van der Waals surface area contributed by atoms with E-state index < -0.39 is 0 Å². The van der Waals surface area contributed by atoms with Crippen LogP contribution < -0.4 is 5.73 Å². The summed E-state index contributed by atoms with van der Waals surface area (Å²) in [5.41, 5.74) is 7.24. The zero-order valence-corrected chi connectivity index (χ0v) is 13.8. The first-order chi connectivity index (χ1) is 10.2. The van der Waals surface area contributed by atoms with Gasteiger partial charge in [0, 0.05) is 46.1 Å². The van der Waals surface area contributed by atoms with Crippen molar-refractivity contribution in [1.82, 2.24) is 14.5 Å². The van der Waals surface area contributed by atoms with E-state index in [1.807, 2.05) is 12.5 Å². The van der Waals surface area contributed by atoms with E-state index in [-0.39, 0.29) is 12.1 Å². The normalized spacial score (nSPS) is 14.6. The second-order valence-corrected chi connectivity index (χ2v) is 5.30. The quantitative estimate of drug-likeness (QED) is 0.666. The molecule has 6 nitrogen and oxygen atoms in total. The van der Waals surface area contributed by atoms with Gasteiger partial charge in [-0.2, -0.15) is 0 Å². The predicted octanol–water partition coefficient (Wildman–Crippen LogP) is 1.28. The molecule has 0 aliphatic carbocycles. The summed E-state index contributed by atoms with van der Waals surface area (Å²) in [6.45, 7) is 7.99. The molecule has 0 radical (unpaired) electrons. The number of ether oxygens (including phenoxy) is 2. The minimum absolute atomic E-state index is 0.124. The zero-order valence-electron chi connectivity index (χ0n) is 13.8. The maximum absolute atomic E-state index is 6.07. The Morgan fingerprint density at radius 2 is 2.14 bits per heavy atom. The molecule has 21 heavy (non-hydrogen) atoms. The summed E-state index contributed by atoms with van der Waals surface area (Å²) in [4.78, 5) is 6.64. The highest BCUT2D eigenvalue weighted by Gasteiger charge is 2.26. The minimum atomic E-state index is 0.124. The van der Waals surface area contributed by atoms with Crippen LogP contribution in [-0.2, 0) is 16.0 Å². The van der Waals surface area contributed by atoms with E-state index in [0.717, 1.165) is 19.5 Å². The Balaban J connectivity index is 2.95. The molecule has 0 saturated carbocycles. The van der Waals surface area contributed by atoms with Crippen LogP contribution in [0.15, 0.2) is 12.5 Å². The summed E-state index contributed by atoms with van der Waals surface area (Å²) in [6, 6.07) is 0.392. The Morgan fingerprint density at radius 1 is 1.38 bits per heavy atom. The van der Waals surface area contributed by atoms with Crippen molar-refractivity contribution in [3.8, 4) is 0 Å². The number of rotatable bonds is 11. The van der Waals surface area contributed by atoms with Gasteiger partial charge in [0.1, 0.15) is 0 Å². The molecule has 2 atom stereocenters. The summed E-state index contributed by atoms with van der Waals surface area (Å²) >= 11 is 0. The van der Waals surface area contributed by atoms with Gasteiger partial charge in [-0.25, -0.2) is 4.98 Å². The summed E-state index contributed by atoms with van der Waals surface area (Å²) in [5.74, 6) is 0. The fraction of sp³-hybridized carbons (Fsp3) is 0.800. The van der Waals surface area contributed by atoms with Crippen LogP contribution in [0.1, 0.15) is 32.0 Å². The molecule has 0 spiro atoms. The highest BCUT2D eigenvalue weighted by atomic mass is 16.5. The fourth-order valence-corrected chi connectivity index (χ4v) is 2.68. The Hall–Kier alpha value is -0.950. The zero-order chi connectivity index (χ0) is 15.7. The molecule has 0 aliphatic heterocycles. The predicted molar refractivity (Wildman–Crippen MR) is 84.2 cm³/mol. The van der Waals surface area contributed by atoms with E-state index in [0.29, 0.717) is 19.8 Å². The number of nitrogens with zero attached hydrogens (tertiary/aromatic N) is 3. The number of nitrogens with two attached hydrogens (primary N) is 1. The van der Waals surface area contributed by atoms with Crippen molar-refractivity contribution < 1.29 is 9.47 Å². The third-order valence-corrected chi connectivity index (χ3v) is 3.70. The molecule has 122 valence electrons. The summed E-state index contributed by atoms with van der Waals surface area (Å²) in [7, 11) is 3.45. The molecule has 0 amide bonds. The molecule has 1 rings (SSSR count). The van der Waals surface area contributed by atoms with Gasteiger partial charge in [0.2, 0.25) is 0 Å². The molecular formula is C15H30N4O2. The number of methoxy groups -OCH3 is 2. The number of hydrogen-bond acceptors (Lipinski definition) is 5. The number of imidazole rings is 1. The molecule has 0 fully saturated rings. The number of aryl methyl sites for hydroxylation is 1. The van der Waals surface area contributed by atoms with Crippen molar-refractivity contribution in [3.63, 3.8) is 0 Å². The van der Waals surface area contributed by atoms with Gasteiger partial charge in [-0.1, -0.05) is 6.92 Å². The van der Waals surface area contributed by atoms with Gasteiger partial charge in [0.05, 0.1) is 31.3 Å². The van der Waals surface area contributed by atoms with E-state index >= 15 is 0 Å². The van der Waals surface area contributed by atoms with Crippen molar-refractivity contribution >= 4 is 0 Å². The van der Waals surface area contributed by atoms with Gasteiger partial charge in [0.15, 0.2) is 0 Å². The maximum Gasteiger partial charge on any atom is 0.0948 e. The van der Waals surface area contributed by atoms with E-state index in [1.165, 1.54) is 5.69 Å². The van der Waals surface area contributed by atoms with Crippen molar-refractivity contribution in [2.45, 2.75) is 38.9 Å². The van der Waals surface area contributed by atoms with Gasteiger partial charge < -0.3 is 19.8 Å². The first kappa shape index (κ1) is 18.1. The third kappa shape index (κ3) is 5.07. The second-order valence-electron chi connectivity index (χ2n) is 5.30. The molecule has 0 bridgehead atoms. The maximum atomic E-state index is 6.07. The van der Waals surface area contributed by atoms with E-state index in [4.69, 9.17) is 15.2 Å². The number of hydrogen-bond donors (Lipinski definition) is 1. The molecule has 6 heteroatoms. The lowest BCUT2D eigenvalue weighted by Gasteiger charge is -2.35. The average Bonchev–Trinajstić information content (AvgIpc) is 2.92. The van der Waals surface area contributed by atoms with Gasteiger partial charge >= 0.3 is 0 Å². The van der Waals surface area contributed by atoms with Crippen LogP contribution in [-0.4, -0.2) is 61.0 Å². The van der Waals surface area contributed by atoms with Crippen molar-refractivity contribution in [1.29, 1.82) is 0 Å². The smallest absolute Gasteiger partial charge is 0.0948 e. The minimum Gasteiger partial charge on any atom is -0.383 e. The van der Waals surface area contributed by atoms with Crippen LogP contribution in [0.25, 0.3) is 0 Å². The van der Waals surface area contributed by atoms with E-state index in [1.54, 1.807) is 14.2 Å². The van der Waals surface area contributed by atoms with Gasteiger partial charge in [-0.05, 0) is 13.3 Å². The van der Waals surface area contributed by atoms with Crippen LogP contribution in [0, 0.1) is 0 Å². The first-order valence-corrected chi connectivity index (χ1v) is 7.63. The lowest BCUT2D eigenvalue weighted by Crippen LogP contribution is -2.44. The van der Waals surface area contributed by atoms with Crippen molar-refractivity contribution in [3.05, 3.63) is 18.2 Å². The lowest BCUT2D eigenvalue weighted by molar-refractivity contribution is 0.0465. The fourth-order valence-electron chi connectivity index (χ4n) is 2.68. The molecule has 1 heterocycles. The Kier molecular flexibility index (Phi) is 8.52. The van der Waals surface area contributed by atoms with Crippen LogP contribution in [0.3, 0.4) is 0 Å².